The molecule has 1 N–H and O–H groups in total. The number of halogens is 6. The van der Waals surface area contributed by atoms with Gasteiger partial charge in [0.05, 0.1) is 4.47 Å². The average molecular weight is 346 g/mol. The van der Waals surface area contributed by atoms with Gasteiger partial charge in [-0.2, -0.15) is 13.2 Å². The molecule has 7 heteroatoms. The predicted octanol–water partition coefficient (Wildman–Crippen LogP) is 4.72. The fraction of sp³-hybridized carbons (Fsp3) is 0.500. The van der Waals surface area contributed by atoms with Gasteiger partial charge in [0.2, 0.25) is 0 Å². The Morgan fingerprint density at radius 3 is 2.42 bits per heavy atom. The number of alkyl halides is 3. The minimum Gasteiger partial charge on any atom is -0.313 e. The quantitative estimate of drug-likeness (QED) is 0.601. The molecular weight excluding hydrogens is 333 g/mol. The molecule has 0 aliphatic heterocycles. The molecule has 0 bridgehead atoms. The lowest BCUT2D eigenvalue weighted by molar-refractivity contribution is -0.135. The van der Waals surface area contributed by atoms with Crippen LogP contribution in [0.5, 0.6) is 0 Å². The Kier molecular flexibility index (Phi) is 5.73. The van der Waals surface area contributed by atoms with Crippen LogP contribution in [0.15, 0.2) is 16.6 Å². The maximum atomic E-state index is 13.4. The zero-order valence-corrected chi connectivity index (χ0v) is 11.7. The third-order valence-corrected chi connectivity index (χ3v) is 3.55. The van der Waals surface area contributed by atoms with Crippen molar-refractivity contribution in [3.05, 3.63) is 33.8 Å². The summed E-state index contributed by atoms with van der Waals surface area (Å²) in [7, 11) is 1.56. The van der Waals surface area contributed by atoms with Gasteiger partial charge < -0.3 is 5.32 Å². The summed E-state index contributed by atoms with van der Waals surface area (Å²) in [5.41, 5.74) is 0.406. The maximum Gasteiger partial charge on any atom is 0.389 e. The highest BCUT2D eigenvalue weighted by molar-refractivity contribution is 9.10. The van der Waals surface area contributed by atoms with Crippen LogP contribution in [0.3, 0.4) is 0 Å². The van der Waals surface area contributed by atoms with Crippen LogP contribution in [0, 0.1) is 11.6 Å². The minimum atomic E-state index is -4.20. The Morgan fingerprint density at radius 1 is 1.26 bits per heavy atom. The summed E-state index contributed by atoms with van der Waals surface area (Å²) in [6.45, 7) is 0. The summed E-state index contributed by atoms with van der Waals surface area (Å²) < 4.78 is 62.5. The molecule has 0 fully saturated rings. The summed E-state index contributed by atoms with van der Waals surface area (Å²) >= 11 is 2.93. The molecule has 19 heavy (non-hydrogen) atoms. The molecule has 0 aliphatic rings. The van der Waals surface area contributed by atoms with Crippen molar-refractivity contribution >= 4 is 15.9 Å². The van der Waals surface area contributed by atoms with E-state index in [1.165, 1.54) is 6.07 Å². The smallest absolute Gasteiger partial charge is 0.313 e. The van der Waals surface area contributed by atoms with E-state index in [-0.39, 0.29) is 17.3 Å². The van der Waals surface area contributed by atoms with Gasteiger partial charge >= 0.3 is 6.18 Å². The zero-order valence-electron chi connectivity index (χ0n) is 10.1. The highest BCUT2D eigenvalue weighted by Gasteiger charge is 2.27. The van der Waals surface area contributed by atoms with E-state index in [2.05, 4.69) is 21.2 Å². The van der Waals surface area contributed by atoms with Gasteiger partial charge in [-0.25, -0.2) is 8.78 Å². The normalized spacial score (nSPS) is 13.6. The van der Waals surface area contributed by atoms with Crippen LogP contribution in [0.2, 0.25) is 0 Å². The number of nitrogens with one attached hydrogen (secondary N) is 1. The van der Waals surface area contributed by atoms with Crippen LogP contribution in [0.4, 0.5) is 22.0 Å². The van der Waals surface area contributed by atoms with E-state index in [1.54, 1.807) is 7.05 Å². The molecule has 0 aliphatic carbocycles. The van der Waals surface area contributed by atoms with Crippen molar-refractivity contribution in [2.45, 2.75) is 31.5 Å². The minimum absolute atomic E-state index is 0.0566. The highest BCUT2D eigenvalue weighted by Crippen LogP contribution is 2.31. The Balaban J connectivity index is 2.78. The average Bonchev–Trinajstić information content (AvgIpc) is 2.32. The maximum absolute atomic E-state index is 13.4. The van der Waals surface area contributed by atoms with Crippen molar-refractivity contribution in [1.29, 1.82) is 0 Å². The van der Waals surface area contributed by atoms with Gasteiger partial charge in [0.15, 0.2) is 11.6 Å². The lowest BCUT2D eigenvalue weighted by atomic mass is 10.0. The predicted molar refractivity (Wildman–Crippen MR) is 65.8 cm³/mol. The van der Waals surface area contributed by atoms with Crippen molar-refractivity contribution in [3.63, 3.8) is 0 Å². The van der Waals surface area contributed by atoms with Crippen LogP contribution < -0.4 is 5.32 Å². The largest absolute Gasteiger partial charge is 0.389 e. The molecule has 108 valence electrons. The Morgan fingerprint density at radius 2 is 1.89 bits per heavy atom. The number of hydrogen-bond donors (Lipinski definition) is 1. The van der Waals surface area contributed by atoms with E-state index in [9.17, 15) is 22.0 Å². The first-order valence-electron chi connectivity index (χ1n) is 5.63. The summed E-state index contributed by atoms with van der Waals surface area (Å²) in [6, 6.07) is 1.85. The van der Waals surface area contributed by atoms with Crippen molar-refractivity contribution in [3.8, 4) is 0 Å². The third kappa shape index (κ3) is 4.72. The number of rotatable bonds is 5. The molecule has 0 saturated carbocycles. The lowest BCUT2D eigenvalue weighted by Gasteiger charge is -2.19. The van der Waals surface area contributed by atoms with Crippen molar-refractivity contribution in [1.82, 2.24) is 5.32 Å². The zero-order chi connectivity index (χ0) is 14.6. The van der Waals surface area contributed by atoms with Gasteiger partial charge in [0.1, 0.15) is 0 Å². The van der Waals surface area contributed by atoms with E-state index in [0.29, 0.717) is 5.56 Å². The Hall–Kier alpha value is -0.690. The third-order valence-electron chi connectivity index (χ3n) is 2.74. The van der Waals surface area contributed by atoms with Gasteiger partial charge in [-0.15, -0.1) is 0 Å². The van der Waals surface area contributed by atoms with E-state index in [4.69, 9.17) is 0 Å². The summed E-state index contributed by atoms with van der Waals surface area (Å²) in [6.07, 6.45) is -5.00. The molecule has 1 atom stereocenters. The first-order chi connectivity index (χ1) is 8.76. The first-order valence-corrected chi connectivity index (χ1v) is 6.43. The van der Waals surface area contributed by atoms with Crippen LogP contribution in [0.25, 0.3) is 0 Å². The molecule has 1 nitrogen and oxygen atoms in total. The van der Waals surface area contributed by atoms with Gasteiger partial charge in [-0.3, -0.25) is 0 Å². The fourth-order valence-corrected chi connectivity index (χ4v) is 2.37. The van der Waals surface area contributed by atoms with Crippen molar-refractivity contribution in [2.24, 2.45) is 0 Å². The van der Waals surface area contributed by atoms with Crippen molar-refractivity contribution in [2.75, 3.05) is 7.05 Å². The second kappa shape index (κ2) is 6.65. The first kappa shape index (κ1) is 16.4. The van der Waals surface area contributed by atoms with Gasteiger partial charge in [0.25, 0.3) is 0 Å². The number of benzene rings is 1. The molecule has 0 saturated heterocycles. The summed E-state index contributed by atoms with van der Waals surface area (Å²) in [5.74, 6) is -2.03. The Labute approximate surface area is 116 Å². The molecule has 0 amide bonds. The van der Waals surface area contributed by atoms with Crippen LogP contribution in [0.1, 0.15) is 30.9 Å². The molecule has 0 heterocycles. The topological polar surface area (TPSA) is 12.0 Å². The van der Waals surface area contributed by atoms with Crippen LogP contribution >= 0.6 is 15.9 Å². The molecule has 1 aromatic rings. The van der Waals surface area contributed by atoms with Gasteiger partial charge in [-0.05, 0) is 47.4 Å². The molecule has 0 radical (unpaired) electrons. The van der Waals surface area contributed by atoms with Gasteiger partial charge in [-0.1, -0.05) is 6.07 Å². The molecule has 0 spiro atoms. The lowest BCUT2D eigenvalue weighted by Crippen LogP contribution is -2.18. The number of hydrogen-bond acceptors (Lipinski definition) is 1. The molecule has 1 rings (SSSR count). The van der Waals surface area contributed by atoms with Crippen LogP contribution in [-0.4, -0.2) is 13.2 Å². The standard InChI is InChI=1S/C12H13BrF5N/c1-19-9(3-2-6-12(16,17)18)7-4-5-8(14)11(15)10(7)13/h4-5,9,19H,2-3,6H2,1H3. The van der Waals surface area contributed by atoms with E-state index < -0.39 is 30.3 Å². The molecule has 1 unspecified atom stereocenters. The van der Waals surface area contributed by atoms with E-state index in [1.807, 2.05) is 0 Å². The second-order valence-corrected chi connectivity index (χ2v) is 4.91. The van der Waals surface area contributed by atoms with E-state index >= 15 is 0 Å². The van der Waals surface area contributed by atoms with Crippen molar-refractivity contribution < 1.29 is 22.0 Å². The SMILES string of the molecule is CNC(CCCC(F)(F)F)c1ccc(F)c(F)c1Br. The summed E-state index contributed by atoms with van der Waals surface area (Å²) in [5, 5.41) is 2.81. The van der Waals surface area contributed by atoms with E-state index in [0.717, 1.165) is 6.07 Å². The molecular formula is C12H13BrF5N. The summed E-state index contributed by atoms with van der Waals surface area (Å²) in [4.78, 5) is 0. The molecule has 1 aromatic carbocycles. The van der Waals surface area contributed by atoms with Crippen LogP contribution in [-0.2, 0) is 0 Å². The molecule has 0 aromatic heterocycles. The highest BCUT2D eigenvalue weighted by atomic mass is 79.9. The monoisotopic (exact) mass is 345 g/mol. The Bertz CT molecular complexity index is 433. The fourth-order valence-electron chi connectivity index (χ4n) is 1.77. The van der Waals surface area contributed by atoms with Gasteiger partial charge in [0, 0.05) is 12.5 Å². The second-order valence-electron chi connectivity index (χ2n) is 4.11.